The first-order valence-electron chi connectivity index (χ1n) is 11.3. The van der Waals surface area contributed by atoms with Gasteiger partial charge in [-0.05, 0) is 66.5 Å². The summed E-state index contributed by atoms with van der Waals surface area (Å²) in [4.78, 5) is 36.6. The SMILES string of the molecule is CCN1C(=O)CC(C)(C)c2cc(C)c(-c3cc(/C=C/C(=O)O)cc(/C=C/C(=O)O)c3OC(F)(F)F)cc21. The molecule has 1 heterocycles. The molecular weight excluding hydrogens is 491 g/mol. The van der Waals surface area contributed by atoms with Crippen LogP contribution in [0.3, 0.4) is 0 Å². The maximum atomic E-state index is 13.5. The molecule has 0 bridgehead atoms. The van der Waals surface area contributed by atoms with Gasteiger partial charge in [-0.15, -0.1) is 13.2 Å². The first-order chi connectivity index (χ1) is 17.1. The molecule has 1 aliphatic heterocycles. The summed E-state index contributed by atoms with van der Waals surface area (Å²) >= 11 is 0. The molecule has 0 radical (unpaired) electrons. The van der Waals surface area contributed by atoms with Crippen molar-refractivity contribution in [3.63, 3.8) is 0 Å². The van der Waals surface area contributed by atoms with Crippen LogP contribution in [0.5, 0.6) is 5.75 Å². The summed E-state index contributed by atoms with van der Waals surface area (Å²) in [5.41, 5.74) is 1.77. The fraction of sp³-hybridized carbons (Fsp3) is 0.296. The van der Waals surface area contributed by atoms with Crippen LogP contribution in [0.15, 0.2) is 36.4 Å². The van der Waals surface area contributed by atoms with Gasteiger partial charge in [0.15, 0.2) is 0 Å². The summed E-state index contributed by atoms with van der Waals surface area (Å²) in [6, 6.07) is 5.98. The molecule has 196 valence electrons. The van der Waals surface area contributed by atoms with Gasteiger partial charge in [-0.25, -0.2) is 9.59 Å². The predicted molar refractivity (Wildman–Crippen MR) is 132 cm³/mol. The van der Waals surface area contributed by atoms with E-state index in [0.717, 1.165) is 17.7 Å². The second-order valence-electron chi connectivity index (χ2n) is 9.26. The molecule has 0 saturated carbocycles. The second kappa shape index (κ2) is 10.1. The Morgan fingerprint density at radius 2 is 1.68 bits per heavy atom. The van der Waals surface area contributed by atoms with Crippen molar-refractivity contribution in [3.8, 4) is 16.9 Å². The molecule has 1 amide bonds. The lowest BCUT2D eigenvalue weighted by molar-refractivity contribution is -0.274. The molecule has 2 N–H and O–H groups in total. The predicted octanol–water partition coefficient (Wildman–Crippen LogP) is 5.79. The zero-order valence-corrected chi connectivity index (χ0v) is 20.6. The van der Waals surface area contributed by atoms with E-state index in [4.69, 9.17) is 10.2 Å². The normalized spacial score (nSPS) is 15.3. The van der Waals surface area contributed by atoms with Gasteiger partial charge in [0, 0.05) is 47.3 Å². The third-order valence-electron chi connectivity index (χ3n) is 6.04. The Morgan fingerprint density at radius 3 is 2.24 bits per heavy atom. The van der Waals surface area contributed by atoms with Crippen LogP contribution in [0.1, 0.15) is 49.4 Å². The van der Waals surface area contributed by atoms with Crippen LogP contribution in [-0.4, -0.2) is 41.0 Å². The zero-order valence-electron chi connectivity index (χ0n) is 20.6. The maximum absolute atomic E-state index is 13.5. The highest BCUT2D eigenvalue weighted by Gasteiger charge is 2.38. The Bertz CT molecular complexity index is 1320. The van der Waals surface area contributed by atoms with Gasteiger partial charge in [0.2, 0.25) is 5.91 Å². The molecule has 0 spiro atoms. The third kappa shape index (κ3) is 6.19. The number of alkyl halides is 3. The standard InChI is InChI=1S/C27H26F3NO6/c1-5-31-21-13-18(15(2)10-20(21)26(3,4)14-22(31)32)19-12-16(6-8-23(33)34)11-17(7-9-24(35)36)25(19)37-27(28,29)30/h6-13H,5,14H2,1-4H3,(H,33,34)(H,35,36)/b8-6+,9-7+. The largest absolute Gasteiger partial charge is 0.573 e. The number of benzene rings is 2. The maximum Gasteiger partial charge on any atom is 0.573 e. The number of fused-ring (bicyclic) bond motifs is 1. The van der Waals surface area contributed by atoms with Gasteiger partial charge in [0.25, 0.3) is 0 Å². The Labute approximate surface area is 211 Å². The number of amides is 1. The number of nitrogens with zero attached hydrogens (tertiary/aromatic N) is 1. The van der Waals surface area contributed by atoms with Gasteiger partial charge >= 0.3 is 18.3 Å². The van der Waals surface area contributed by atoms with E-state index in [1.807, 2.05) is 19.9 Å². The number of hydrogen-bond donors (Lipinski definition) is 2. The van der Waals surface area contributed by atoms with Crippen molar-refractivity contribution in [2.75, 3.05) is 11.4 Å². The number of carbonyl (C=O) groups excluding carboxylic acids is 1. The average molecular weight is 518 g/mol. The summed E-state index contributed by atoms with van der Waals surface area (Å²) in [7, 11) is 0. The van der Waals surface area contributed by atoms with E-state index < -0.39 is 29.5 Å². The average Bonchev–Trinajstić information content (AvgIpc) is 2.76. The van der Waals surface area contributed by atoms with E-state index in [2.05, 4.69) is 4.74 Å². The highest BCUT2D eigenvalue weighted by molar-refractivity contribution is 5.99. The minimum Gasteiger partial charge on any atom is -0.478 e. The van der Waals surface area contributed by atoms with Gasteiger partial charge in [-0.3, -0.25) is 4.79 Å². The van der Waals surface area contributed by atoms with Crippen molar-refractivity contribution in [1.82, 2.24) is 0 Å². The number of anilines is 1. The van der Waals surface area contributed by atoms with Crippen LogP contribution in [0.4, 0.5) is 18.9 Å². The molecule has 0 aliphatic carbocycles. The van der Waals surface area contributed by atoms with E-state index in [-0.39, 0.29) is 29.0 Å². The van der Waals surface area contributed by atoms with E-state index >= 15 is 0 Å². The van der Waals surface area contributed by atoms with Crippen LogP contribution in [0, 0.1) is 6.92 Å². The van der Waals surface area contributed by atoms with Crippen molar-refractivity contribution >= 4 is 35.7 Å². The van der Waals surface area contributed by atoms with Crippen LogP contribution in [0.2, 0.25) is 0 Å². The number of aryl methyl sites for hydroxylation is 1. The summed E-state index contributed by atoms with van der Waals surface area (Å²) in [5, 5.41) is 18.1. The molecule has 0 aromatic heterocycles. The highest BCUT2D eigenvalue weighted by Crippen LogP contribution is 2.46. The van der Waals surface area contributed by atoms with Gasteiger partial charge in [-0.2, -0.15) is 0 Å². The Morgan fingerprint density at radius 1 is 1.05 bits per heavy atom. The topological polar surface area (TPSA) is 104 Å². The molecule has 10 heteroatoms. The van der Waals surface area contributed by atoms with Crippen LogP contribution >= 0.6 is 0 Å². The lowest BCUT2D eigenvalue weighted by Gasteiger charge is -2.39. The van der Waals surface area contributed by atoms with Crippen LogP contribution in [-0.2, 0) is 19.8 Å². The van der Waals surface area contributed by atoms with Crippen molar-refractivity contribution in [2.45, 2.75) is 45.9 Å². The first-order valence-corrected chi connectivity index (χ1v) is 11.3. The summed E-state index contributed by atoms with van der Waals surface area (Å²) in [5.74, 6) is -3.44. The molecule has 2 aromatic rings. The van der Waals surface area contributed by atoms with Crippen molar-refractivity contribution in [2.24, 2.45) is 0 Å². The molecule has 7 nitrogen and oxygen atoms in total. The van der Waals surface area contributed by atoms with Crippen molar-refractivity contribution in [3.05, 3.63) is 58.7 Å². The monoisotopic (exact) mass is 517 g/mol. The fourth-order valence-electron chi connectivity index (χ4n) is 4.45. The summed E-state index contributed by atoms with van der Waals surface area (Å²) in [6.45, 7) is 7.69. The third-order valence-corrected chi connectivity index (χ3v) is 6.04. The number of halogens is 3. The van der Waals surface area contributed by atoms with Gasteiger partial charge in [0.1, 0.15) is 5.75 Å². The minimum atomic E-state index is -5.10. The molecular formula is C27H26F3NO6. The highest BCUT2D eigenvalue weighted by atomic mass is 19.4. The van der Waals surface area contributed by atoms with E-state index in [1.165, 1.54) is 18.2 Å². The summed E-state index contributed by atoms with van der Waals surface area (Å²) < 4.78 is 44.9. The lowest BCUT2D eigenvalue weighted by Crippen LogP contribution is -2.41. The molecule has 0 fully saturated rings. The number of aliphatic carboxylic acids is 2. The molecule has 0 unspecified atom stereocenters. The fourth-order valence-corrected chi connectivity index (χ4v) is 4.45. The molecule has 0 saturated heterocycles. The molecule has 3 rings (SSSR count). The minimum absolute atomic E-state index is 0.0397. The molecule has 1 aliphatic rings. The summed E-state index contributed by atoms with van der Waals surface area (Å²) in [6.07, 6.45) is -1.23. The van der Waals surface area contributed by atoms with Gasteiger partial charge < -0.3 is 19.8 Å². The lowest BCUT2D eigenvalue weighted by atomic mass is 9.75. The van der Waals surface area contributed by atoms with Crippen molar-refractivity contribution in [1.29, 1.82) is 0 Å². The number of carboxylic acid groups (broad SMARTS) is 2. The quantitative estimate of drug-likeness (QED) is 0.451. The first kappa shape index (κ1) is 27.5. The molecule has 2 aromatic carbocycles. The number of carboxylic acids is 2. The van der Waals surface area contributed by atoms with Gasteiger partial charge in [-0.1, -0.05) is 19.9 Å². The van der Waals surface area contributed by atoms with Crippen LogP contribution < -0.4 is 9.64 Å². The number of carbonyl (C=O) groups is 3. The second-order valence-corrected chi connectivity index (χ2v) is 9.26. The number of ether oxygens (including phenoxy) is 1. The smallest absolute Gasteiger partial charge is 0.478 e. The number of rotatable bonds is 7. The van der Waals surface area contributed by atoms with E-state index in [1.54, 1.807) is 24.8 Å². The van der Waals surface area contributed by atoms with E-state index in [0.29, 0.717) is 29.4 Å². The number of hydrogen-bond acceptors (Lipinski definition) is 4. The van der Waals surface area contributed by atoms with Crippen molar-refractivity contribution < 1.29 is 42.5 Å². The molecule has 0 atom stereocenters. The zero-order chi connectivity index (χ0) is 27.7. The van der Waals surface area contributed by atoms with Crippen LogP contribution in [0.25, 0.3) is 23.3 Å². The Balaban J connectivity index is 2.41. The Kier molecular flexibility index (Phi) is 7.52. The Hall–Kier alpha value is -4.08. The van der Waals surface area contributed by atoms with Gasteiger partial charge in [0.05, 0.1) is 0 Å². The van der Waals surface area contributed by atoms with E-state index in [9.17, 15) is 27.6 Å². The molecule has 37 heavy (non-hydrogen) atoms.